The van der Waals surface area contributed by atoms with E-state index in [1.165, 1.54) is 0 Å². The van der Waals surface area contributed by atoms with E-state index in [0.717, 1.165) is 31.5 Å². The van der Waals surface area contributed by atoms with Crippen LogP contribution in [0.15, 0.2) is 35.5 Å². The van der Waals surface area contributed by atoms with Crippen LogP contribution in [-0.2, 0) is 11.4 Å². The average molecular weight is 332 g/mol. The molecule has 0 bridgehead atoms. The zero-order chi connectivity index (χ0) is 16.1. The fourth-order valence-electron chi connectivity index (χ4n) is 2.50. The van der Waals surface area contributed by atoms with Crippen LogP contribution >= 0.6 is 11.6 Å². The molecule has 0 aliphatic carbocycles. The molecule has 6 nitrogen and oxygen atoms in total. The van der Waals surface area contributed by atoms with Gasteiger partial charge in [0.2, 0.25) is 5.95 Å². The molecule has 1 aliphatic rings. The van der Waals surface area contributed by atoms with Gasteiger partial charge in [-0.15, -0.1) is 0 Å². The Kier molecular flexibility index (Phi) is 4.92. The molecule has 2 aromatic rings. The van der Waals surface area contributed by atoms with Gasteiger partial charge >= 0.3 is 0 Å². The van der Waals surface area contributed by atoms with Gasteiger partial charge in [0.15, 0.2) is 0 Å². The molecule has 1 aliphatic heterocycles. The molecule has 1 aromatic carbocycles. The first-order valence-electron chi connectivity index (χ1n) is 7.51. The minimum atomic E-state index is 0.166. The number of hydrogen-bond acceptors (Lipinski definition) is 6. The van der Waals surface area contributed by atoms with Crippen molar-refractivity contribution in [1.29, 1.82) is 0 Å². The number of nitrogen functional groups attached to an aromatic ring is 1. The quantitative estimate of drug-likeness (QED) is 0.518. The van der Waals surface area contributed by atoms with Crippen molar-refractivity contribution >= 4 is 29.6 Å². The Morgan fingerprint density at radius 1 is 1.22 bits per heavy atom. The second kappa shape index (κ2) is 7.28. The first-order chi connectivity index (χ1) is 11.2. The third kappa shape index (κ3) is 3.90. The van der Waals surface area contributed by atoms with Gasteiger partial charge in [0.1, 0.15) is 17.6 Å². The van der Waals surface area contributed by atoms with E-state index in [2.05, 4.69) is 20.0 Å². The summed E-state index contributed by atoms with van der Waals surface area (Å²) >= 11 is 6.20. The van der Waals surface area contributed by atoms with Crippen molar-refractivity contribution in [3.63, 3.8) is 0 Å². The summed E-state index contributed by atoms with van der Waals surface area (Å²) in [5, 5.41) is 4.29. The largest absolute Gasteiger partial charge is 0.391 e. The molecule has 0 saturated carbocycles. The summed E-state index contributed by atoms with van der Waals surface area (Å²) in [6.45, 7) is 2.25. The Morgan fingerprint density at radius 3 is 2.70 bits per heavy atom. The number of halogens is 1. The van der Waals surface area contributed by atoms with Gasteiger partial charge in [0, 0.05) is 13.1 Å². The molecular weight excluding hydrogens is 314 g/mol. The molecule has 1 saturated heterocycles. The van der Waals surface area contributed by atoms with Crippen molar-refractivity contribution in [2.75, 3.05) is 23.7 Å². The molecule has 0 unspecified atom stereocenters. The highest BCUT2D eigenvalue weighted by Gasteiger charge is 2.20. The van der Waals surface area contributed by atoms with E-state index < -0.39 is 0 Å². The van der Waals surface area contributed by atoms with Crippen molar-refractivity contribution in [3.8, 4) is 0 Å². The fraction of sp³-hybridized carbons (Fsp3) is 0.312. The van der Waals surface area contributed by atoms with E-state index in [9.17, 15) is 0 Å². The van der Waals surface area contributed by atoms with E-state index >= 15 is 0 Å². The number of nitrogens with two attached hydrogens (primary N) is 1. The predicted molar refractivity (Wildman–Crippen MR) is 91.7 cm³/mol. The molecule has 1 fully saturated rings. The number of anilines is 2. The van der Waals surface area contributed by atoms with Crippen LogP contribution in [-0.4, -0.2) is 29.3 Å². The maximum absolute atomic E-state index is 6.20. The smallest absolute Gasteiger partial charge is 0.223 e. The second-order valence-corrected chi connectivity index (χ2v) is 5.66. The second-order valence-electron chi connectivity index (χ2n) is 5.30. The highest BCUT2D eigenvalue weighted by molar-refractivity contribution is 6.32. The van der Waals surface area contributed by atoms with Crippen LogP contribution in [0.25, 0.3) is 0 Å². The van der Waals surface area contributed by atoms with Gasteiger partial charge < -0.3 is 15.5 Å². The number of nitrogens with zero attached hydrogens (tertiary/aromatic N) is 4. The Morgan fingerprint density at radius 2 is 1.96 bits per heavy atom. The lowest BCUT2D eigenvalue weighted by Gasteiger charge is -2.19. The highest BCUT2D eigenvalue weighted by Crippen LogP contribution is 2.26. The van der Waals surface area contributed by atoms with Crippen LogP contribution in [0.3, 0.4) is 0 Å². The summed E-state index contributed by atoms with van der Waals surface area (Å²) in [7, 11) is 0. The van der Waals surface area contributed by atoms with Gasteiger partial charge in [0.05, 0.1) is 11.8 Å². The molecule has 0 radical (unpaired) electrons. The Balaban J connectivity index is 1.74. The summed E-state index contributed by atoms with van der Waals surface area (Å²) in [4.78, 5) is 15.8. The first kappa shape index (κ1) is 15.6. The SMILES string of the molecule is Nc1nc(Cl)c(C=NOCc2ccccc2)c(N2CCCC2)n1. The normalized spacial score (nSPS) is 14.6. The molecule has 0 atom stereocenters. The number of rotatable bonds is 5. The number of hydrogen-bond donors (Lipinski definition) is 1. The van der Waals surface area contributed by atoms with E-state index in [4.69, 9.17) is 22.2 Å². The summed E-state index contributed by atoms with van der Waals surface area (Å²) < 4.78 is 0. The van der Waals surface area contributed by atoms with Crippen LogP contribution < -0.4 is 10.6 Å². The van der Waals surface area contributed by atoms with Crippen LogP contribution in [0, 0.1) is 0 Å². The molecule has 7 heteroatoms. The van der Waals surface area contributed by atoms with Gasteiger partial charge in [-0.2, -0.15) is 4.98 Å². The lowest BCUT2D eigenvalue weighted by molar-refractivity contribution is 0.132. The van der Waals surface area contributed by atoms with Gasteiger partial charge in [-0.25, -0.2) is 4.98 Å². The third-order valence-corrected chi connectivity index (χ3v) is 3.92. The van der Waals surface area contributed by atoms with Crippen LogP contribution in [0.4, 0.5) is 11.8 Å². The van der Waals surface area contributed by atoms with E-state index in [-0.39, 0.29) is 11.1 Å². The first-order valence-corrected chi connectivity index (χ1v) is 7.89. The zero-order valence-electron chi connectivity index (χ0n) is 12.7. The predicted octanol–water partition coefficient (Wildman–Crippen LogP) is 2.86. The van der Waals surface area contributed by atoms with Gasteiger partial charge in [-0.05, 0) is 18.4 Å². The molecule has 0 spiro atoms. The van der Waals surface area contributed by atoms with E-state index in [0.29, 0.717) is 18.0 Å². The molecule has 3 rings (SSSR count). The van der Waals surface area contributed by atoms with Crippen molar-refractivity contribution in [1.82, 2.24) is 9.97 Å². The third-order valence-electron chi connectivity index (χ3n) is 3.63. The minimum Gasteiger partial charge on any atom is -0.391 e. The number of aromatic nitrogens is 2. The van der Waals surface area contributed by atoms with Crippen LogP contribution in [0.2, 0.25) is 5.15 Å². The minimum absolute atomic E-state index is 0.166. The standard InChI is InChI=1S/C16H18ClN5O/c17-14-13(10-19-23-11-12-6-2-1-3-7-12)15(21-16(18)20-14)22-8-4-5-9-22/h1-3,6-7,10H,4-5,8-9,11H2,(H2,18,20,21). The highest BCUT2D eigenvalue weighted by atomic mass is 35.5. The summed E-state index contributed by atoms with van der Waals surface area (Å²) in [6.07, 6.45) is 3.81. The topological polar surface area (TPSA) is 76.6 Å². The molecular formula is C16H18ClN5O. The van der Waals surface area contributed by atoms with Crippen molar-refractivity contribution < 1.29 is 4.84 Å². The van der Waals surface area contributed by atoms with Crippen molar-refractivity contribution in [2.45, 2.75) is 19.4 Å². The van der Waals surface area contributed by atoms with Gasteiger partial charge in [-0.3, -0.25) is 0 Å². The summed E-state index contributed by atoms with van der Waals surface area (Å²) in [5.41, 5.74) is 7.40. The fourth-order valence-corrected chi connectivity index (χ4v) is 2.72. The van der Waals surface area contributed by atoms with Crippen molar-refractivity contribution in [2.24, 2.45) is 5.16 Å². The average Bonchev–Trinajstić information content (AvgIpc) is 3.08. The lowest BCUT2D eigenvalue weighted by atomic mass is 10.2. The van der Waals surface area contributed by atoms with Crippen LogP contribution in [0.1, 0.15) is 24.0 Å². The van der Waals surface area contributed by atoms with Gasteiger partial charge in [0.25, 0.3) is 0 Å². The van der Waals surface area contributed by atoms with E-state index in [1.807, 2.05) is 30.3 Å². The summed E-state index contributed by atoms with van der Waals surface area (Å²) in [5.74, 6) is 0.881. The monoisotopic (exact) mass is 331 g/mol. The van der Waals surface area contributed by atoms with Crippen molar-refractivity contribution in [3.05, 3.63) is 46.6 Å². The number of benzene rings is 1. The maximum atomic E-state index is 6.20. The van der Waals surface area contributed by atoms with E-state index in [1.54, 1.807) is 6.21 Å². The lowest BCUT2D eigenvalue weighted by Crippen LogP contribution is -2.22. The molecule has 23 heavy (non-hydrogen) atoms. The Labute approximate surface area is 139 Å². The zero-order valence-corrected chi connectivity index (χ0v) is 13.4. The Hall–Kier alpha value is -2.34. The van der Waals surface area contributed by atoms with Crippen LogP contribution in [0.5, 0.6) is 0 Å². The maximum Gasteiger partial charge on any atom is 0.223 e. The van der Waals surface area contributed by atoms with Gasteiger partial charge in [-0.1, -0.05) is 47.1 Å². The molecule has 2 N–H and O–H groups in total. The summed E-state index contributed by atoms with van der Waals surface area (Å²) in [6, 6.07) is 9.83. The molecule has 1 aromatic heterocycles. The number of oxime groups is 1. The molecule has 2 heterocycles. The molecule has 0 amide bonds. The molecule has 120 valence electrons. The Bertz CT molecular complexity index is 686.